The van der Waals surface area contributed by atoms with Gasteiger partial charge in [-0.2, -0.15) is 0 Å². The highest BCUT2D eigenvalue weighted by Gasteiger charge is 2.43. The van der Waals surface area contributed by atoms with Crippen LogP contribution >= 0.6 is 0 Å². The molecule has 26 heavy (non-hydrogen) atoms. The predicted octanol–water partition coefficient (Wildman–Crippen LogP) is 4.19. The van der Waals surface area contributed by atoms with Crippen molar-refractivity contribution in [1.82, 2.24) is 0 Å². The second-order valence-electron chi connectivity index (χ2n) is 7.46. The molecule has 5 rings (SSSR count). The number of benzene rings is 2. The van der Waals surface area contributed by atoms with Crippen molar-refractivity contribution in [1.29, 1.82) is 0 Å². The Morgan fingerprint density at radius 3 is 2.81 bits per heavy atom. The summed E-state index contributed by atoms with van der Waals surface area (Å²) in [6, 6.07) is 7.54. The third-order valence-corrected chi connectivity index (χ3v) is 5.25. The van der Waals surface area contributed by atoms with Crippen LogP contribution in [0.3, 0.4) is 0 Å². The number of hydrogen-bond donors (Lipinski definition) is 1. The number of ether oxygens (including phenoxy) is 4. The first kappa shape index (κ1) is 15.4. The molecule has 2 aromatic rings. The first-order valence-corrected chi connectivity index (χ1v) is 8.72. The molecule has 0 fully saturated rings. The largest absolute Gasteiger partial charge is 0.504 e. The monoisotopic (exact) mass is 352 g/mol. The van der Waals surface area contributed by atoms with E-state index in [9.17, 15) is 5.11 Å². The molecule has 0 aliphatic carbocycles. The molecule has 0 saturated heterocycles. The molecule has 134 valence electrons. The standard InChI is InChI=1S/C21H20O5/c1-21(2)7-6-13-19-14(9-16(22)20(13)26-21)15-10-24-17-8-11(23-3)4-5-12(17)18(15)25-19/h4-9,15,18,22H,10H2,1-3H3/t15-,18-/m0/s1. The molecule has 3 heterocycles. The molecule has 0 spiro atoms. The van der Waals surface area contributed by atoms with E-state index in [0.717, 1.165) is 33.9 Å². The molecule has 0 bridgehead atoms. The maximum absolute atomic E-state index is 10.5. The highest BCUT2D eigenvalue weighted by molar-refractivity contribution is 5.74. The minimum Gasteiger partial charge on any atom is -0.504 e. The Balaban J connectivity index is 1.61. The van der Waals surface area contributed by atoms with E-state index >= 15 is 0 Å². The van der Waals surface area contributed by atoms with Crippen molar-refractivity contribution in [3.63, 3.8) is 0 Å². The molecule has 0 unspecified atom stereocenters. The molecule has 3 aliphatic rings. The van der Waals surface area contributed by atoms with Crippen LogP contribution in [-0.4, -0.2) is 24.4 Å². The number of phenolic OH excluding ortho intramolecular Hbond substituents is 1. The third-order valence-electron chi connectivity index (χ3n) is 5.25. The number of hydrogen-bond acceptors (Lipinski definition) is 5. The lowest BCUT2D eigenvalue weighted by Crippen LogP contribution is -2.27. The Bertz CT molecular complexity index is 944. The van der Waals surface area contributed by atoms with Crippen LogP contribution in [0, 0.1) is 0 Å². The molecule has 1 N–H and O–H groups in total. The van der Waals surface area contributed by atoms with Crippen molar-refractivity contribution in [3.8, 4) is 28.7 Å². The van der Waals surface area contributed by atoms with Gasteiger partial charge in [0.05, 0.1) is 25.2 Å². The Hall–Kier alpha value is -2.82. The SMILES string of the molecule is COc1ccc2c(c1)OC[C@H]1c3cc(O)c4c(c3O[C@@H]21)C=CC(C)(C)O4. The van der Waals surface area contributed by atoms with Gasteiger partial charge in [-0.3, -0.25) is 0 Å². The summed E-state index contributed by atoms with van der Waals surface area (Å²) in [5.41, 5.74) is 2.29. The van der Waals surface area contributed by atoms with E-state index in [2.05, 4.69) is 0 Å². The van der Waals surface area contributed by atoms with Gasteiger partial charge in [0, 0.05) is 17.2 Å². The van der Waals surface area contributed by atoms with Crippen LogP contribution in [0.25, 0.3) is 6.08 Å². The van der Waals surface area contributed by atoms with Gasteiger partial charge in [0.15, 0.2) is 11.5 Å². The maximum atomic E-state index is 10.5. The fraction of sp³-hybridized carbons (Fsp3) is 0.333. The van der Waals surface area contributed by atoms with Crippen LogP contribution < -0.4 is 18.9 Å². The highest BCUT2D eigenvalue weighted by Crippen LogP contribution is 2.57. The zero-order chi connectivity index (χ0) is 18.1. The van der Waals surface area contributed by atoms with E-state index < -0.39 is 5.60 Å². The van der Waals surface area contributed by atoms with Gasteiger partial charge >= 0.3 is 0 Å². The molecular formula is C21H20O5. The number of methoxy groups -OCH3 is 1. The van der Waals surface area contributed by atoms with Crippen molar-refractivity contribution >= 4 is 6.08 Å². The molecule has 2 atom stereocenters. The normalized spacial score (nSPS) is 23.5. The van der Waals surface area contributed by atoms with Gasteiger partial charge in [0.1, 0.15) is 29.0 Å². The van der Waals surface area contributed by atoms with Crippen molar-refractivity contribution in [2.45, 2.75) is 31.5 Å². The summed E-state index contributed by atoms with van der Waals surface area (Å²) in [4.78, 5) is 0. The van der Waals surface area contributed by atoms with Crippen LogP contribution in [0.4, 0.5) is 0 Å². The quantitative estimate of drug-likeness (QED) is 0.834. The summed E-state index contributed by atoms with van der Waals surface area (Å²) in [6.45, 7) is 4.40. The predicted molar refractivity (Wildman–Crippen MR) is 96.4 cm³/mol. The molecule has 0 saturated carbocycles. The van der Waals surface area contributed by atoms with E-state index in [0.29, 0.717) is 12.4 Å². The molecule has 3 aliphatic heterocycles. The average Bonchev–Trinajstić information content (AvgIpc) is 2.99. The smallest absolute Gasteiger partial charge is 0.173 e. The number of fused-ring (bicyclic) bond motifs is 7. The van der Waals surface area contributed by atoms with Crippen LogP contribution in [0.2, 0.25) is 0 Å². The van der Waals surface area contributed by atoms with Gasteiger partial charge in [-0.05, 0) is 44.2 Å². The minimum absolute atomic E-state index is 0.0328. The Morgan fingerprint density at radius 1 is 1.15 bits per heavy atom. The fourth-order valence-corrected chi connectivity index (χ4v) is 3.93. The minimum atomic E-state index is -0.462. The summed E-state index contributed by atoms with van der Waals surface area (Å²) < 4.78 is 23.6. The van der Waals surface area contributed by atoms with Gasteiger partial charge in [0.25, 0.3) is 0 Å². The summed E-state index contributed by atoms with van der Waals surface area (Å²) in [7, 11) is 1.64. The molecule has 0 amide bonds. The van der Waals surface area contributed by atoms with Crippen LogP contribution in [0.1, 0.15) is 42.6 Å². The average molecular weight is 352 g/mol. The van der Waals surface area contributed by atoms with Crippen LogP contribution in [0.5, 0.6) is 28.7 Å². The lowest BCUT2D eigenvalue weighted by Gasteiger charge is -2.29. The zero-order valence-electron chi connectivity index (χ0n) is 14.9. The Kier molecular flexibility index (Phi) is 3.03. The third kappa shape index (κ3) is 2.09. The summed E-state index contributed by atoms with van der Waals surface area (Å²) in [6.07, 6.45) is 3.81. The molecule has 2 aromatic carbocycles. The van der Waals surface area contributed by atoms with Crippen LogP contribution in [0.15, 0.2) is 30.3 Å². The van der Waals surface area contributed by atoms with E-state index in [1.165, 1.54) is 0 Å². The lowest BCUT2D eigenvalue weighted by atomic mass is 9.88. The van der Waals surface area contributed by atoms with E-state index in [1.807, 2.05) is 44.2 Å². The topological polar surface area (TPSA) is 57.2 Å². The van der Waals surface area contributed by atoms with Crippen molar-refractivity contribution in [3.05, 3.63) is 47.0 Å². The second kappa shape index (κ2) is 5.10. The first-order chi connectivity index (χ1) is 12.5. The van der Waals surface area contributed by atoms with Gasteiger partial charge in [-0.15, -0.1) is 0 Å². The van der Waals surface area contributed by atoms with Gasteiger partial charge in [-0.1, -0.05) is 0 Å². The lowest BCUT2D eigenvalue weighted by molar-refractivity contribution is 0.136. The van der Waals surface area contributed by atoms with Crippen molar-refractivity contribution in [2.24, 2.45) is 0 Å². The van der Waals surface area contributed by atoms with Gasteiger partial charge < -0.3 is 24.1 Å². The van der Waals surface area contributed by atoms with E-state index in [1.54, 1.807) is 13.2 Å². The van der Waals surface area contributed by atoms with E-state index in [4.69, 9.17) is 18.9 Å². The van der Waals surface area contributed by atoms with Crippen molar-refractivity contribution in [2.75, 3.05) is 13.7 Å². The summed E-state index contributed by atoms with van der Waals surface area (Å²) in [5, 5.41) is 10.5. The maximum Gasteiger partial charge on any atom is 0.173 e. The summed E-state index contributed by atoms with van der Waals surface area (Å²) in [5.74, 6) is 2.96. The van der Waals surface area contributed by atoms with E-state index in [-0.39, 0.29) is 17.8 Å². The number of rotatable bonds is 1. The Morgan fingerprint density at radius 2 is 2.00 bits per heavy atom. The second-order valence-corrected chi connectivity index (χ2v) is 7.46. The molecule has 0 radical (unpaired) electrons. The highest BCUT2D eigenvalue weighted by atomic mass is 16.5. The summed E-state index contributed by atoms with van der Waals surface area (Å²) >= 11 is 0. The number of aromatic hydroxyl groups is 1. The Labute approximate surface area is 151 Å². The van der Waals surface area contributed by atoms with Crippen LogP contribution in [-0.2, 0) is 0 Å². The zero-order valence-corrected chi connectivity index (χ0v) is 14.9. The van der Waals surface area contributed by atoms with Gasteiger partial charge in [-0.25, -0.2) is 0 Å². The van der Waals surface area contributed by atoms with Gasteiger partial charge in [0.2, 0.25) is 0 Å². The number of phenols is 1. The molecular weight excluding hydrogens is 332 g/mol. The first-order valence-electron chi connectivity index (χ1n) is 8.72. The molecule has 5 nitrogen and oxygen atoms in total. The molecule has 0 aromatic heterocycles. The molecule has 5 heteroatoms. The van der Waals surface area contributed by atoms with Crippen molar-refractivity contribution < 1.29 is 24.1 Å². The fourth-order valence-electron chi connectivity index (χ4n) is 3.93.